The van der Waals surface area contributed by atoms with Crippen molar-refractivity contribution in [2.24, 2.45) is 5.84 Å². The first kappa shape index (κ1) is 12.4. The lowest BCUT2D eigenvalue weighted by Gasteiger charge is -2.24. The topological polar surface area (TPSA) is 80.0 Å². The molecule has 0 atom stereocenters. The Morgan fingerprint density at radius 3 is 2.81 bits per heavy atom. The fourth-order valence-corrected chi connectivity index (χ4v) is 1.17. The lowest BCUT2D eigenvalue weighted by atomic mass is 10.0. The van der Waals surface area contributed by atoms with Crippen LogP contribution in [0.25, 0.3) is 0 Å². The van der Waals surface area contributed by atoms with Crippen LogP contribution >= 0.6 is 0 Å². The Balaban J connectivity index is 2.88. The molecule has 0 aliphatic carbocycles. The second-order valence-electron chi connectivity index (χ2n) is 4.26. The van der Waals surface area contributed by atoms with Crippen LogP contribution in [0.4, 0.5) is 5.69 Å². The average Bonchev–Trinajstić information content (AvgIpc) is 2.28. The molecule has 0 bridgehead atoms. The van der Waals surface area contributed by atoms with Crippen LogP contribution in [0, 0.1) is 0 Å². The van der Waals surface area contributed by atoms with Gasteiger partial charge in [-0.1, -0.05) is 6.92 Å². The van der Waals surface area contributed by atoms with Crippen molar-refractivity contribution in [3.05, 3.63) is 24.0 Å². The van der Waals surface area contributed by atoms with E-state index in [2.05, 4.69) is 15.7 Å². The molecule has 0 fully saturated rings. The number of nitrogens with zero attached hydrogens (tertiary/aromatic N) is 1. The van der Waals surface area contributed by atoms with Gasteiger partial charge < -0.3 is 10.7 Å². The fraction of sp³-hybridized carbons (Fsp3) is 0.455. The maximum absolute atomic E-state index is 12.0. The van der Waals surface area contributed by atoms with Crippen LogP contribution in [0.5, 0.6) is 0 Å². The number of hydrogen-bond donors (Lipinski definition) is 3. The van der Waals surface area contributed by atoms with E-state index in [4.69, 9.17) is 5.84 Å². The van der Waals surface area contributed by atoms with E-state index in [1.807, 2.05) is 20.8 Å². The van der Waals surface area contributed by atoms with E-state index in [1.54, 1.807) is 12.3 Å². The van der Waals surface area contributed by atoms with Gasteiger partial charge in [0.25, 0.3) is 5.91 Å². The van der Waals surface area contributed by atoms with Gasteiger partial charge in [0.15, 0.2) is 0 Å². The van der Waals surface area contributed by atoms with E-state index in [-0.39, 0.29) is 11.4 Å². The molecule has 1 heterocycles. The third-order valence-corrected chi connectivity index (χ3v) is 2.56. The third kappa shape index (κ3) is 2.93. The van der Waals surface area contributed by atoms with Crippen molar-refractivity contribution < 1.29 is 4.79 Å². The Bertz CT molecular complexity index is 376. The molecule has 5 heteroatoms. The highest BCUT2D eigenvalue weighted by Gasteiger charge is 2.20. The highest BCUT2D eigenvalue weighted by atomic mass is 16.1. The van der Waals surface area contributed by atoms with Crippen molar-refractivity contribution >= 4 is 11.6 Å². The van der Waals surface area contributed by atoms with E-state index in [0.29, 0.717) is 11.3 Å². The number of pyridine rings is 1. The molecule has 1 rings (SSSR count). The second-order valence-corrected chi connectivity index (χ2v) is 4.26. The second kappa shape index (κ2) is 4.94. The van der Waals surface area contributed by atoms with E-state index in [0.717, 1.165) is 6.42 Å². The van der Waals surface area contributed by atoms with Crippen molar-refractivity contribution in [3.8, 4) is 0 Å². The number of hydrazine groups is 1. The first-order valence-electron chi connectivity index (χ1n) is 5.23. The summed E-state index contributed by atoms with van der Waals surface area (Å²) >= 11 is 0. The number of carbonyl (C=O) groups is 1. The van der Waals surface area contributed by atoms with Crippen LogP contribution in [0.2, 0.25) is 0 Å². The van der Waals surface area contributed by atoms with E-state index < -0.39 is 0 Å². The van der Waals surface area contributed by atoms with E-state index in [1.165, 1.54) is 6.20 Å². The first-order valence-corrected chi connectivity index (χ1v) is 5.23. The van der Waals surface area contributed by atoms with Gasteiger partial charge in [0.05, 0.1) is 17.4 Å². The molecule has 0 aliphatic heterocycles. The highest BCUT2D eigenvalue weighted by molar-refractivity contribution is 5.99. The molecule has 5 nitrogen and oxygen atoms in total. The zero-order valence-electron chi connectivity index (χ0n) is 9.87. The monoisotopic (exact) mass is 222 g/mol. The average molecular weight is 222 g/mol. The van der Waals surface area contributed by atoms with Crippen LogP contribution in [0.3, 0.4) is 0 Å². The fourth-order valence-electron chi connectivity index (χ4n) is 1.17. The number of rotatable bonds is 4. The number of carbonyl (C=O) groups excluding carboxylic acids is 1. The Kier molecular flexibility index (Phi) is 3.84. The standard InChI is InChI=1S/C11H18N4O/c1-4-11(2,3)14-10(16)8-5-6-13-7-9(8)15-12/h5-7,15H,4,12H2,1-3H3,(H,14,16). The number of nitrogens with one attached hydrogen (secondary N) is 2. The van der Waals surface area contributed by atoms with Crippen molar-refractivity contribution in [2.75, 3.05) is 5.43 Å². The SMILES string of the molecule is CCC(C)(C)NC(=O)c1ccncc1NN. The number of anilines is 1. The van der Waals surface area contributed by atoms with Gasteiger partial charge in [-0.25, -0.2) is 0 Å². The minimum Gasteiger partial charge on any atom is -0.347 e. The molecule has 4 N–H and O–H groups in total. The van der Waals surface area contributed by atoms with Gasteiger partial charge >= 0.3 is 0 Å². The third-order valence-electron chi connectivity index (χ3n) is 2.56. The van der Waals surface area contributed by atoms with E-state index >= 15 is 0 Å². The molecule has 0 radical (unpaired) electrons. The van der Waals surface area contributed by atoms with Gasteiger partial charge in [0.1, 0.15) is 0 Å². The van der Waals surface area contributed by atoms with Crippen molar-refractivity contribution in [1.29, 1.82) is 0 Å². The lowest BCUT2D eigenvalue weighted by molar-refractivity contribution is 0.0912. The van der Waals surface area contributed by atoms with Crippen LogP contribution in [-0.2, 0) is 0 Å². The normalized spacial score (nSPS) is 11.0. The summed E-state index contributed by atoms with van der Waals surface area (Å²) in [6.45, 7) is 5.97. The smallest absolute Gasteiger partial charge is 0.253 e. The van der Waals surface area contributed by atoms with Crippen LogP contribution in [-0.4, -0.2) is 16.4 Å². The van der Waals surface area contributed by atoms with Gasteiger partial charge in [-0.15, -0.1) is 0 Å². The molecular formula is C11H18N4O. The Hall–Kier alpha value is -1.62. The predicted molar refractivity (Wildman–Crippen MR) is 63.9 cm³/mol. The van der Waals surface area contributed by atoms with Gasteiger partial charge in [-0.05, 0) is 26.3 Å². The molecule has 1 aromatic heterocycles. The maximum atomic E-state index is 12.0. The number of hydrogen-bond acceptors (Lipinski definition) is 4. The molecule has 1 aromatic rings. The van der Waals surface area contributed by atoms with Crippen molar-refractivity contribution in [2.45, 2.75) is 32.7 Å². The van der Waals surface area contributed by atoms with Gasteiger partial charge in [-0.3, -0.25) is 15.6 Å². The van der Waals surface area contributed by atoms with E-state index in [9.17, 15) is 4.79 Å². The largest absolute Gasteiger partial charge is 0.347 e. The van der Waals surface area contributed by atoms with Gasteiger partial charge in [0.2, 0.25) is 0 Å². The zero-order chi connectivity index (χ0) is 12.2. The maximum Gasteiger partial charge on any atom is 0.253 e. The number of nitrogens with two attached hydrogens (primary N) is 1. The molecule has 16 heavy (non-hydrogen) atoms. The Morgan fingerprint density at radius 1 is 1.56 bits per heavy atom. The molecule has 0 aromatic carbocycles. The molecule has 1 amide bonds. The summed E-state index contributed by atoms with van der Waals surface area (Å²) in [5.74, 6) is 5.16. The summed E-state index contributed by atoms with van der Waals surface area (Å²) in [7, 11) is 0. The zero-order valence-corrected chi connectivity index (χ0v) is 9.87. The molecule has 0 aliphatic rings. The molecule has 88 valence electrons. The lowest BCUT2D eigenvalue weighted by Crippen LogP contribution is -2.43. The minimum absolute atomic E-state index is 0.151. The quantitative estimate of drug-likeness (QED) is 0.529. The number of nitrogen functional groups attached to an aromatic ring is 1. The number of amides is 1. The molecule has 0 saturated heterocycles. The molecule has 0 unspecified atom stereocenters. The summed E-state index contributed by atoms with van der Waals surface area (Å²) in [5.41, 5.74) is 3.25. The van der Waals surface area contributed by atoms with Crippen LogP contribution in [0.15, 0.2) is 18.5 Å². The molecule has 0 saturated carbocycles. The van der Waals surface area contributed by atoms with Crippen molar-refractivity contribution in [1.82, 2.24) is 10.3 Å². The summed E-state index contributed by atoms with van der Waals surface area (Å²) in [6.07, 6.45) is 3.94. The Morgan fingerprint density at radius 2 is 2.25 bits per heavy atom. The summed E-state index contributed by atoms with van der Waals surface area (Å²) in [6, 6.07) is 1.64. The predicted octanol–water partition coefficient (Wildman–Crippen LogP) is 1.29. The van der Waals surface area contributed by atoms with Gasteiger partial charge in [-0.2, -0.15) is 0 Å². The van der Waals surface area contributed by atoms with Crippen LogP contribution < -0.4 is 16.6 Å². The summed E-state index contributed by atoms with van der Waals surface area (Å²) < 4.78 is 0. The highest BCUT2D eigenvalue weighted by Crippen LogP contribution is 2.14. The Labute approximate surface area is 95.4 Å². The molecule has 0 spiro atoms. The molecular weight excluding hydrogens is 204 g/mol. The number of aromatic nitrogens is 1. The first-order chi connectivity index (χ1) is 7.50. The van der Waals surface area contributed by atoms with Crippen molar-refractivity contribution in [3.63, 3.8) is 0 Å². The van der Waals surface area contributed by atoms with Gasteiger partial charge in [0, 0.05) is 11.7 Å². The minimum atomic E-state index is -0.230. The van der Waals surface area contributed by atoms with Crippen LogP contribution in [0.1, 0.15) is 37.6 Å². The summed E-state index contributed by atoms with van der Waals surface area (Å²) in [4.78, 5) is 15.9. The summed E-state index contributed by atoms with van der Waals surface area (Å²) in [5, 5.41) is 2.93.